The number of rotatable bonds is 2. The molecule has 0 radical (unpaired) electrons. The molecule has 1 aliphatic carbocycles. The molecule has 2 rings (SSSR count). The molecule has 0 atom stereocenters. The van der Waals surface area contributed by atoms with E-state index in [4.69, 9.17) is 0 Å². The van der Waals surface area contributed by atoms with Crippen molar-refractivity contribution >= 4 is 18.5 Å². The Balaban J connectivity index is 2.00. The molecular weight excluding hydrogens is 218 g/mol. The van der Waals surface area contributed by atoms with Crippen molar-refractivity contribution in [2.75, 3.05) is 0 Å². The predicted molar refractivity (Wildman–Crippen MR) is 68.0 cm³/mol. The number of carbonyl (C=O) groups excluding carboxylic acids is 1. The van der Waals surface area contributed by atoms with E-state index in [1.165, 1.54) is 19.3 Å². The molecule has 0 heterocycles. The Kier molecular flexibility index (Phi) is 3.88. The van der Waals surface area contributed by atoms with Gasteiger partial charge in [0.2, 0.25) is 0 Å². The van der Waals surface area contributed by atoms with Crippen LogP contribution in [-0.2, 0) is 0 Å². The molecule has 3 heteroatoms. The molecule has 0 unspecified atom stereocenters. The summed E-state index contributed by atoms with van der Waals surface area (Å²) in [6.45, 7) is 0. The number of amides is 1. The third-order valence-corrected chi connectivity index (χ3v) is 3.48. The molecule has 0 aliphatic heterocycles. The molecular formula is C13H17NOS. The molecule has 1 fully saturated rings. The Morgan fingerprint density at radius 1 is 1.19 bits per heavy atom. The van der Waals surface area contributed by atoms with Crippen LogP contribution in [0.4, 0.5) is 0 Å². The summed E-state index contributed by atoms with van der Waals surface area (Å²) < 4.78 is 0. The van der Waals surface area contributed by atoms with Crippen LogP contribution in [0.1, 0.15) is 42.5 Å². The van der Waals surface area contributed by atoms with Crippen molar-refractivity contribution in [3.8, 4) is 0 Å². The third-order valence-electron chi connectivity index (χ3n) is 3.09. The Hall–Kier alpha value is -0.960. The molecule has 1 saturated carbocycles. The molecule has 1 aromatic carbocycles. The molecule has 1 aliphatic rings. The van der Waals surface area contributed by atoms with Crippen molar-refractivity contribution < 1.29 is 4.79 Å². The van der Waals surface area contributed by atoms with Crippen LogP contribution in [0, 0.1) is 0 Å². The van der Waals surface area contributed by atoms with Crippen LogP contribution in [0.15, 0.2) is 29.2 Å². The summed E-state index contributed by atoms with van der Waals surface area (Å²) in [5, 5.41) is 3.09. The van der Waals surface area contributed by atoms with Crippen LogP contribution in [0.3, 0.4) is 0 Å². The smallest absolute Gasteiger partial charge is 0.252 e. The first-order valence-electron chi connectivity index (χ1n) is 5.86. The first-order chi connectivity index (χ1) is 7.77. The van der Waals surface area contributed by atoms with Gasteiger partial charge in [0.05, 0.1) is 5.56 Å². The zero-order chi connectivity index (χ0) is 11.4. The van der Waals surface area contributed by atoms with Gasteiger partial charge in [-0.25, -0.2) is 0 Å². The van der Waals surface area contributed by atoms with Crippen molar-refractivity contribution in [1.82, 2.24) is 5.32 Å². The topological polar surface area (TPSA) is 29.1 Å². The maximum absolute atomic E-state index is 12.0. The zero-order valence-corrected chi connectivity index (χ0v) is 10.2. The molecule has 86 valence electrons. The van der Waals surface area contributed by atoms with E-state index in [9.17, 15) is 4.79 Å². The van der Waals surface area contributed by atoms with E-state index >= 15 is 0 Å². The average Bonchev–Trinajstić information content (AvgIpc) is 2.31. The Labute approximate surface area is 102 Å². The van der Waals surface area contributed by atoms with Gasteiger partial charge in [-0.3, -0.25) is 4.79 Å². The van der Waals surface area contributed by atoms with Gasteiger partial charge in [-0.15, -0.1) is 12.6 Å². The minimum atomic E-state index is 0.0116. The first-order valence-corrected chi connectivity index (χ1v) is 6.31. The normalized spacial score (nSPS) is 17.1. The molecule has 0 bridgehead atoms. The monoisotopic (exact) mass is 235 g/mol. The maximum atomic E-state index is 12.0. The number of nitrogens with one attached hydrogen (secondary N) is 1. The standard InChI is InChI=1S/C13H17NOS/c15-13(11-8-4-5-9-12(11)16)14-10-6-2-1-3-7-10/h4-5,8-10,16H,1-3,6-7H2,(H,14,15). The van der Waals surface area contributed by atoms with Gasteiger partial charge in [-0.05, 0) is 25.0 Å². The minimum Gasteiger partial charge on any atom is -0.349 e. The van der Waals surface area contributed by atoms with Crippen LogP contribution in [0.25, 0.3) is 0 Å². The highest BCUT2D eigenvalue weighted by Gasteiger charge is 2.17. The van der Waals surface area contributed by atoms with Crippen molar-refractivity contribution in [2.24, 2.45) is 0 Å². The van der Waals surface area contributed by atoms with Gasteiger partial charge in [0.25, 0.3) is 5.91 Å². The molecule has 0 spiro atoms. The van der Waals surface area contributed by atoms with Gasteiger partial charge in [-0.2, -0.15) is 0 Å². The van der Waals surface area contributed by atoms with Crippen molar-refractivity contribution in [1.29, 1.82) is 0 Å². The summed E-state index contributed by atoms with van der Waals surface area (Å²) in [6, 6.07) is 7.78. The number of benzene rings is 1. The van der Waals surface area contributed by atoms with E-state index in [0.29, 0.717) is 11.6 Å². The van der Waals surface area contributed by atoms with Crippen LogP contribution in [0.5, 0.6) is 0 Å². The van der Waals surface area contributed by atoms with Gasteiger partial charge in [0.1, 0.15) is 0 Å². The van der Waals surface area contributed by atoms with Gasteiger partial charge in [0.15, 0.2) is 0 Å². The highest BCUT2D eigenvalue weighted by molar-refractivity contribution is 7.80. The molecule has 0 saturated heterocycles. The number of thiol groups is 1. The number of hydrogen-bond donors (Lipinski definition) is 2. The lowest BCUT2D eigenvalue weighted by molar-refractivity contribution is 0.0925. The van der Waals surface area contributed by atoms with E-state index in [-0.39, 0.29) is 5.91 Å². The van der Waals surface area contributed by atoms with Crippen molar-refractivity contribution in [3.05, 3.63) is 29.8 Å². The van der Waals surface area contributed by atoms with E-state index in [0.717, 1.165) is 17.7 Å². The second-order valence-electron chi connectivity index (χ2n) is 4.33. The fraction of sp³-hybridized carbons (Fsp3) is 0.462. The van der Waals surface area contributed by atoms with Crippen molar-refractivity contribution in [3.63, 3.8) is 0 Å². The second kappa shape index (κ2) is 5.39. The summed E-state index contributed by atoms with van der Waals surface area (Å²) in [5.74, 6) is 0.0116. The highest BCUT2D eigenvalue weighted by atomic mass is 32.1. The third kappa shape index (κ3) is 2.79. The van der Waals surface area contributed by atoms with E-state index in [1.807, 2.05) is 24.3 Å². The second-order valence-corrected chi connectivity index (χ2v) is 4.81. The van der Waals surface area contributed by atoms with Crippen molar-refractivity contribution in [2.45, 2.75) is 43.0 Å². The summed E-state index contributed by atoms with van der Waals surface area (Å²) in [6.07, 6.45) is 5.98. The van der Waals surface area contributed by atoms with Gasteiger partial charge in [-0.1, -0.05) is 31.4 Å². The zero-order valence-electron chi connectivity index (χ0n) is 9.28. The fourth-order valence-electron chi connectivity index (χ4n) is 2.18. The van der Waals surface area contributed by atoms with Gasteiger partial charge >= 0.3 is 0 Å². The van der Waals surface area contributed by atoms with Crippen LogP contribution >= 0.6 is 12.6 Å². The van der Waals surface area contributed by atoms with E-state index in [2.05, 4.69) is 17.9 Å². The molecule has 2 nitrogen and oxygen atoms in total. The maximum Gasteiger partial charge on any atom is 0.252 e. The lowest BCUT2D eigenvalue weighted by Gasteiger charge is -2.23. The average molecular weight is 235 g/mol. The Morgan fingerprint density at radius 2 is 1.88 bits per heavy atom. The van der Waals surface area contributed by atoms with E-state index < -0.39 is 0 Å². The van der Waals surface area contributed by atoms with Gasteiger partial charge < -0.3 is 5.32 Å². The highest BCUT2D eigenvalue weighted by Crippen LogP contribution is 2.19. The molecule has 1 amide bonds. The van der Waals surface area contributed by atoms with Crippen LogP contribution in [0.2, 0.25) is 0 Å². The lowest BCUT2D eigenvalue weighted by Crippen LogP contribution is -2.36. The summed E-state index contributed by atoms with van der Waals surface area (Å²) >= 11 is 4.29. The molecule has 1 aromatic rings. The largest absolute Gasteiger partial charge is 0.349 e. The molecule has 16 heavy (non-hydrogen) atoms. The summed E-state index contributed by atoms with van der Waals surface area (Å²) in [7, 11) is 0. The Morgan fingerprint density at radius 3 is 2.56 bits per heavy atom. The minimum absolute atomic E-state index is 0.0116. The summed E-state index contributed by atoms with van der Waals surface area (Å²) in [4.78, 5) is 12.7. The molecule has 1 N–H and O–H groups in total. The number of hydrogen-bond acceptors (Lipinski definition) is 2. The predicted octanol–water partition coefficient (Wildman–Crippen LogP) is 3.04. The number of carbonyl (C=O) groups is 1. The summed E-state index contributed by atoms with van der Waals surface area (Å²) in [5.41, 5.74) is 0.677. The van der Waals surface area contributed by atoms with Crippen LogP contribution < -0.4 is 5.32 Å². The Bertz CT molecular complexity index is 372. The SMILES string of the molecule is O=C(NC1CCCCC1)c1ccccc1S. The van der Waals surface area contributed by atoms with E-state index in [1.54, 1.807) is 0 Å². The van der Waals surface area contributed by atoms with Gasteiger partial charge in [0, 0.05) is 10.9 Å². The lowest BCUT2D eigenvalue weighted by atomic mass is 9.95. The first kappa shape index (κ1) is 11.5. The quantitative estimate of drug-likeness (QED) is 0.758. The molecule has 0 aromatic heterocycles. The fourth-order valence-corrected chi connectivity index (χ4v) is 2.44. The van der Waals surface area contributed by atoms with Crippen LogP contribution in [-0.4, -0.2) is 11.9 Å².